The lowest BCUT2D eigenvalue weighted by Gasteiger charge is -2.41. The molecular formula is C19H26N4O. The summed E-state index contributed by atoms with van der Waals surface area (Å²) in [6.07, 6.45) is 8.02. The Bertz CT molecular complexity index is 624. The minimum Gasteiger partial charge on any atom is -0.393 e. The standard InChI is InChI=1S/C19H26N4O/c24-19-8-14-22(15-9-19)17-6-12-21(13-7-17)16-2-4-18(5-3-16)23-11-1-10-20-23/h1-5,10-11,17,19,24H,6-9,12-15H2. The van der Waals surface area contributed by atoms with E-state index in [0.29, 0.717) is 6.04 Å². The van der Waals surface area contributed by atoms with Crippen molar-refractivity contribution in [1.82, 2.24) is 14.7 Å². The van der Waals surface area contributed by atoms with E-state index in [2.05, 4.69) is 39.2 Å². The van der Waals surface area contributed by atoms with Gasteiger partial charge in [-0.3, -0.25) is 0 Å². The van der Waals surface area contributed by atoms with Gasteiger partial charge < -0.3 is 14.9 Å². The Balaban J connectivity index is 1.34. The minimum absolute atomic E-state index is 0.0744. The molecule has 2 aliphatic heterocycles. The van der Waals surface area contributed by atoms with Gasteiger partial charge in [-0.15, -0.1) is 0 Å². The molecule has 0 amide bonds. The van der Waals surface area contributed by atoms with Gasteiger partial charge in [0.15, 0.2) is 0 Å². The maximum absolute atomic E-state index is 9.67. The van der Waals surface area contributed by atoms with Crippen molar-refractivity contribution < 1.29 is 5.11 Å². The highest BCUT2D eigenvalue weighted by Crippen LogP contribution is 2.25. The number of aliphatic hydroxyl groups excluding tert-OH is 1. The first-order chi connectivity index (χ1) is 11.8. The van der Waals surface area contributed by atoms with Crippen molar-refractivity contribution in [1.29, 1.82) is 0 Å². The minimum atomic E-state index is -0.0744. The molecule has 2 fully saturated rings. The molecule has 1 aromatic heterocycles. The van der Waals surface area contributed by atoms with Gasteiger partial charge in [-0.2, -0.15) is 5.10 Å². The zero-order valence-corrected chi connectivity index (χ0v) is 14.1. The number of hydrogen-bond acceptors (Lipinski definition) is 4. The number of nitrogens with zero attached hydrogens (tertiary/aromatic N) is 4. The lowest BCUT2D eigenvalue weighted by Crippen LogP contribution is -2.48. The third-order valence-corrected chi connectivity index (χ3v) is 5.46. The molecule has 24 heavy (non-hydrogen) atoms. The number of hydrogen-bond donors (Lipinski definition) is 1. The molecular weight excluding hydrogens is 300 g/mol. The number of aromatic nitrogens is 2. The van der Waals surface area contributed by atoms with Gasteiger partial charge in [0.2, 0.25) is 0 Å². The van der Waals surface area contributed by atoms with E-state index in [9.17, 15) is 5.11 Å². The highest BCUT2D eigenvalue weighted by molar-refractivity contribution is 5.51. The third kappa shape index (κ3) is 3.32. The molecule has 5 nitrogen and oxygen atoms in total. The van der Waals surface area contributed by atoms with Crippen LogP contribution in [-0.4, -0.2) is 58.1 Å². The Kier molecular flexibility index (Phi) is 4.54. The summed E-state index contributed by atoms with van der Waals surface area (Å²) < 4.78 is 1.89. The van der Waals surface area contributed by atoms with Crippen molar-refractivity contribution in [2.45, 2.75) is 37.8 Å². The van der Waals surface area contributed by atoms with Crippen LogP contribution in [-0.2, 0) is 0 Å². The predicted octanol–water partition coefficient (Wildman–Crippen LogP) is 2.30. The predicted molar refractivity (Wildman–Crippen MR) is 95.6 cm³/mol. The van der Waals surface area contributed by atoms with Crippen LogP contribution in [0.2, 0.25) is 0 Å². The van der Waals surface area contributed by atoms with Crippen molar-refractivity contribution in [3.8, 4) is 5.69 Å². The van der Waals surface area contributed by atoms with Crippen molar-refractivity contribution in [3.05, 3.63) is 42.7 Å². The molecule has 0 atom stereocenters. The quantitative estimate of drug-likeness (QED) is 0.940. The molecule has 0 radical (unpaired) electrons. The topological polar surface area (TPSA) is 44.5 Å². The average Bonchev–Trinajstić information content (AvgIpc) is 3.17. The molecule has 5 heteroatoms. The molecule has 0 unspecified atom stereocenters. The summed E-state index contributed by atoms with van der Waals surface area (Å²) >= 11 is 0. The second kappa shape index (κ2) is 6.95. The van der Waals surface area contributed by atoms with Gasteiger partial charge >= 0.3 is 0 Å². The van der Waals surface area contributed by atoms with Gasteiger partial charge in [0.1, 0.15) is 0 Å². The van der Waals surface area contributed by atoms with Gasteiger partial charge in [0.05, 0.1) is 11.8 Å². The normalized spacial score (nSPS) is 21.3. The summed E-state index contributed by atoms with van der Waals surface area (Å²) in [6.45, 7) is 4.35. The van der Waals surface area contributed by atoms with Crippen LogP contribution in [0.4, 0.5) is 5.69 Å². The van der Waals surface area contributed by atoms with E-state index in [4.69, 9.17) is 0 Å². The SMILES string of the molecule is OC1CCN(C2CCN(c3ccc(-n4cccn4)cc3)CC2)CC1. The highest BCUT2D eigenvalue weighted by atomic mass is 16.3. The van der Waals surface area contributed by atoms with Gasteiger partial charge in [-0.25, -0.2) is 4.68 Å². The summed E-state index contributed by atoms with van der Waals surface area (Å²) in [5.41, 5.74) is 2.41. The smallest absolute Gasteiger partial charge is 0.0647 e. The van der Waals surface area contributed by atoms with Crippen molar-refractivity contribution in [3.63, 3.8) is 0 Å². The lowest BCUT2D eigenvalue weighted by molar-refractivity contribution is 0.0542. The summed E-state index contributed by atoms with van der Waals surface area (Å²) in [5.74, 6) is 0. The molecule has 0 spiro atoms. The van der Waals surface area contributed by atoms with Crippen LogP contribution in [0, 0.1) is 0 Å². The van der Waals surface area contributed by atoms with E-state index in [1.54, 1.807) is 6.20 Å². The fourth-order valence-corrected chi connectivity index (χ4v) is 3.98. The molecule has 128 valence electrons. The second-order valence-electron chi connectivity index (χ2n) is 6.95. The van der Waals surface area contributed by atoms with Crippen LogP contribution in [0.3, 0.4) is 0 Å². The first-order valence-electron chi connectivity index (χ1n) is 9.07. The zero-order valence-electron chi connectivity index (χ0n) is 14.1. The van der Waals surface area contributed by atoms with E-state index >= 15 is 0 Å². The third-order valence-electron chi connectivity index (χ3n) is 5.46. The Morgan fingerprint density at radius 2 is 1.54 bits per heavy atom. The fraction of sp³-hybridized carbons (Fsp3) is 0.526. The summed E-state index contributed by atoms with van der Waals surface area (Å²) in [6, 6.07) is 11.3. The zero-order chi connectivity index (χ0) is 16.4. The van der Waals surface area contributed by atoms with Crippen LogP contribution in [0.25, 0.3) is 5.69 Å². The number of rotatable bonds is 3. The maximum atomic E-state index is 9.67. The van der Waals surface area contributed by atoms with Crippen LogP contribution in [0.15, 0.2) is 42.7 Å². The number of aliphatic hydroxyl groups is 1. The second-order valence-corrected chi connectivity index (χ2v) is 6.95. The molecule has 4 rings (SSSR count). The van der Waals surface area contributed by atoms with E-state index in [1.807, 2.05) is 16.9 Å². The first-order valence-corrected chi connectivity index (χ1v) is 9.07. The van der Waals surface area contributed by atoms with Gasteiger partial charge in [0.25, 0.3) is 0 Å². The molecule has 0 bridgehead atoms. The number of piperidine rings is 2. The van der Waals surface area contributed by atoms with E-state index in [-0.39, 0.29) is 6.10 Å². The summed E-state index contributed by atoms with van der Waals surface area (Å²) in [5, 5.41) is 13.9. The Morgan fingerprint density at radius 1 is 0.875 bits per heavy atom. The van der Waals surface area contributed by atoms with Gasteiger partial charge in [0, 0.05) is 50.3 Å². The molecule has 2 aliphatic rings. The number of anilines is 1. The van der Waals surface area contributed by atoms with Crippen molar-refractivity contribution in [2.24, 2.45) is 0 Å². The molecule has 1 aromatic carbocycles. The molecule has 0 aliphatic carbocycles. The molecule has 2 aromatic rings. The molecule has 3 heterocycles. The van der Waals surface area contributed by atoms with E-state index < -0.39 is 0 Å². The van der Waals surface area contributed by atoms with Crippen LogP contribution >= 0.6 is 0 Å². The molecule has 0 saturated carbocycles. The van der Waals surface area contributed by atoms with Crippen LogP contribution in [0.5, 0.6) is 0 Å². The monoisotopic (exact) mass is 326 g/mol. The van der Waals surface area contributed by atoms with E-state index in [0.717, 1.165) is 44.7 Å². The Morgan fingerprint density at radius 3 is 2.17 bits per heavy atom. The van der Waals surface area contributed by atoms with Crippen molar-refractivity contribution >= 4 is 5.69 Å². The number of likely N-dealkylation sites (tertiary alicyclic amines) is 1. The summed E-state index contributed by atoms with van der Waals surface area (Å²) in [4.78, 5) is 5.08. The molecule has 2 saturated heterocycles. The Hall–Kier alpha value is -1.85. The maximum Gasteiger partial charge on any atom is 0.0647 e. The van der Waals surface area contributed by atoms with Crippen LogP contribution in [0.1, 0.15) is 25.7 Å². The average molecular weight is 326 g/mol. The fourth-order valence-electron chi connectivity index (χ4n) is 3.98. The lowest BCUT2D eigenvalue weighted by atomic mass is 9.98. The first kappa shape index (κ1) is 15.7. The highest BCUT2D eigenvalue weighted by Gasteiger charge is 2.27. The summed E-state index contributed by atoms with van der Waals surface area (Å²) in [7, 11) is 0. The molecule has 1 N–H and O–H groups in total. The largest absolute Gasteiger partial charge is 0.393 e. The Labute approximate surface area is 143 Å². The van der Waals surface area contributed by atoms with Crippen molar-refractivity contribution in [2.75, 3.05) is 31.1 Å². The van der Waals surface area contributed by atoms with Gasteiger partial charge in [-0.1, -0.05) is 0 Å². The van der Waals surface area contributed by atoms with E-state index in [1.165, 1.54) is 18.5 Å². The van der Waals surface area contributed by atoms with Crippen LogP contribution < -0.4 is 4.90 Å². The number of benzene rings is 1. The van der Waals surface area contributed by atoms with Gasteiger partial charge in [-0.05, 0) is 56.0 Å².